The van der Waals surface area contributed by atoms with Crippen molar-refractivity contribution in [1.29, 1.82) is 0 Å². The van der Waals surface area contributed by atoms with E-state index in [1.54, 1.807) is 17.1 Å². The smallest absolute Gasteiger partial charge is 0.315 e. The Kier molecular flexibility index (Phi) is 4.73. The molecule has 6 nitrogen and oxygen atoms in total. The van der Waals surface area contributed by atoms with Gasteiger partial charge in [-0.2, -0.15) is 15.0 Å². The van der Waals surface area contributed by atoms with Gasteiger partial charge in [0.25, 0.3) is 0 Å². The lowest BCUT2D eigenvalue weighted by molar-refractivity contribution is 0.236. The van der Waals surface area contributed by atoms with Gasteiger partial charge in [0.2, 0.25) is 0 Å². The lowest BCUT2D eigenvalue weighted by atomic mass is 10.1. The Morgan fingerprint density at radius 2 is 2.26 bits per heavy atom. The number of halogens is 2. The Balaban J connectivity index is 1.58. The van der Waals surface area contributed by atoms with Crippen molar-refractivity contribution in [3.8, 4) is 0 Å². The van der Waals surface area contributed by atoms with Crippen LogP contribution in [0.2, 0.25) is 10.0 Å². The highest BCUT2D eigenvalue weighted by Crippen LogP contribution is 2.38. The summed E-state index contributed by atoms with van der Waals surface area (Å²) in [5, 5.41) is 15.2. The maximum absolute atomic E-state index is 12.1. The molecule has 0 saturated heterocycles. The number of urea groups is 1. The van der Waals surface area contributed by atoms with Crippen LogP contribution in [0.15, 0.2) is 18.3 Å². The summed E-state index contributed by atoms with van der Waals surface area (Å²) in [5.74, 6) is 0. The van der Waals surface area contributed by atoms with Crippen molar-refractivity contribution in [3.63, 3.8) is 0 Å². The van der Waals surface area contributed by atoms with Gasteiger partial charge in [0, 0.05) is 0 Å². The first kappa shape index (κ1) is 16.1. The highest BCUT2D eigenvalue weighted by atomic mass is 35.5. The molecule has 2 amide bonds. The van der Waals surface area contributed by atoms with Crippen molar-refractivity contribution in [2.75, 3.05) is 0 Å². The van der Waals surface area contributed by atoms with Crippen molar-refractivity contribution < 1.29 is 4.79 Å². The molecule has 8 heteroatoms. The fourth-order valence-electron chi connectivity index (χ4n) is 2.73. The number of fused-ring (bicyclic) bond motifs is 1. The van der Waals surface area contributed by atoms with Crippen molar-refractivity contribution in [1.82, 2.24) is 25.6 Å². The van der Waals surface area contributed by atoms with Crippen LogP contribution in [0.25, 0.3) is 0 Å². The molecule has 122 valence electrons. The van der Waals surface area contributed by atoms with Gasteiger partial charge in [-0.25, -0.2) is 4.79 Å². The molecule has 1 heterocycles. The minimum absolute atomic E-state index is 0.0499. The number of nitrogens with one attached hydrogen (secondary N) is 2. The number of hydrogen-bond donors (Lipinski definition) is 2. The van der Waals surface area contributed by atoms with Crippen molar-refractivity contribution in [2.45, 2.75) is 38.9 Å². The highest BCUT2D eigenvalue weighted by Gasteiger charge is 2.26. The normalized spacial score (nSPS) is 16.2. The molecule has 2 aromatic rings. The minimum atomic E-state index is -0.236. The molecule has 1 atom stereocenters. The number of aromatic nitrogens is 3. The van der Waals surface area contributed by atoms with Crippen molar-refractivity contribution in [2.24, 2.45) is 0 Å². The second kappa shape index (κ2) is 6.76. The summed E-state index contributed by atoms with van der Waals surface area (Å²) < 4.78 is 0. The van der Waals surface area contributed by atoms with E-state index in [1.165, 1.54) is 0 Å². The van der Waals surface area contributed by atoms with Crippen LogP contribution < -0.4 is 10.6 Å². The Hall–Kier alpha value is -1.79. The molecule has 0 spiro atoms. The van der Waals surface area contributed by atoms with E-state index in [2.05, 4.69) is 20.8 Å². The molecule has 1 aliphatic carbocycles. The molecule has 0 aliphatic heterocycles. The first-order valence-corrected chi connectivity index (χ1v) is 8.24. The number of aryl methyl sites for hydroxylation is 1. The molecule has 1 aromatic heterocycles. The van der Waals surface area contributed by atoms with Crippen LogP contribution in [0.5, 0.6) is 0 Å². The Bertz CT molecular complexity index is 731. The van der Waals surface area contributed by atoms with E-state index in [1.807, 2.05) is 13.0 Å². The third kappa shape index (κ3) is 3.43. The van der Waals surface area contributed by atoms with Gasteiger partial charge in [-0.05, 0) is 37.0 Å². The van der Waals surface area contributed by atoms with E-state index >= 15 is 0 Å². The van der Waals surface area contributed by atoms with E-state index in [4.69, 9.17) is 23.2 Å². The van der Waals surface area contributed by atoms with Gasteiger partial charge in [-0.3, -0.25) is 0 Å². The Morgan fingerprint density at radius 1 is 1.43 bits per heavy atom. The van der Waals surface area contributed by atoms with E-state index in [9.17, 15) is 4.79 Å². The van der Waals surface area contributed by atoms with Gasteiger partial charge < -0.3 is 10.6 Å². The molecule has 1 aromatic carbocycles. The zero-order valence-electron chi connectivity index (χ0n) is 12.6. The topological polar surface area (TPSA) is 71.8 Å². The Morgan fingerprint density at radius 3 is 3.00 bits per heavy atom. The fourth-order valence-corrected chi connectivity index (χ4v) is 3.17. The number of benzene rings is 1. The summed E-state index contributed by atoms with van der Waals surface area (Å²) in [5.41, 5.74) is 2.78. The van der Waals surface area contributed by atoms with Gasteiger partial charge >= 0.3 is 6.03 Å². The van der Waals surface area contributed by atoms with E-state index < -0.39 is 0 Å². The predicted octanol–water partition coefficient (Wildman–Crippen LogP) is 3.09. The van der Waals surface area contributed by atoms with Crippen molar-refractivity contribution >= 4 is 29.2 Å². The molecule has 0 radical (unpaired) electrons. The van der Waals surface area contributed by atoms with Crippen LogP contribution in [0, 0.1) is 0 Å². The predicted molar refractivity (Wildman–Crippen MR) is 88.6 cm³/mol. The quantitative estimate of drug-likeness (QED) is 0.886. The maximum Gasteiger partial charge on any atom is 0.315 e. The molecular weight excluding hydrogens is 337 g/mol. The molecule has 0 saturated carbocycles. The molecular formula is C15H17Cl2N5O. The number of hydrogen-bond acceptors (Lipinski definition) is 3. The van der Waals surface area contributed by atoms with Crippen molar-refractivity contribution in [3.05, 3.63) is 45.2 Å². The number of amides is 2. The van der Waals surface area contributed by atoms with E-state index in [0.29, 0.717) is 23.1 Å². The molecule has 1 aliphatic rings. The van der Waals surface area contributed by atoms with Gasteiger partial charge in [0.1, 0.15) is 5.69 Å². The number of rotatable bonds is 4. The van der Waals surface area contributed by atoms with Gasteiger partial charge in [-0.1, -0.05) is 29.3 Å². The summed E-state index contributed by atoms with van der Waals surface area (Å²) in [6, 6.07) is 3.41. The summed E-state index contributed by atoms with van der Waals surface area (Å²) in [6.45, 7) is 3.00. The van der Waals surface area contributed by atoms with Crippen LogP contribution in [0.1, 0.15) is 36.2 Å². The van der Waals surface area contributed by atoms with Gasteiger partial charge in [0.15, 0.2) is 0 Å². The standard InChI is InChI=1S/C15H17Cl2N5O/c1-2-22-19-8-9(21-22)7-18-15(23)20-13-6-4-11-10(13)3-5-12(16)14(11)17/h3,5,8,13H,2,4,6-7H2,1H3,(H2,18,20,23). The SMILES string of the molecule is CCn1ncc(CNC(=O)NC2CCc3c2ccc(Cl)c3Cl)n1. The Labute approximate surface area is 144 Å². The molecule has 23 heavy (non-hydrogen) atoms. The average molecular weight is 354 g/mol. The molecule has 1 unspecified atom stereocenters. The second-order valence-corrected chi connectivity index (χ2v) is 6.16. The zero-order valence-corrected chi connectivity index (χ0v) is 14.2. The van der Waals surface area contributed by atoms with Gasteiger partial charge in [-0.15, -0.1) is 0 Å². The largest absolute Gasteiger partial charge is 0.332 e. The van der Waals surface area contributed by atoms with Crippen LogP contribution in [-0.2, 0) is 19.5 Å². The fraction of sp³-hybridized carbons (Fsp3) is 0.400. The summed E-state index contributed by atoms with van der Waals surface area (Å²) in [7, 11) is 0. The molecule has 3 rings (SSSR count). The highest BCUT2D eigenvalue weighted by molar-refractivity contribution is 6.42. The first-order valence-electron chi connectivity index (χ1n) is 7.48. The third-order valence-corrected chi connectivity index (χ3v) is 4.74. The first-order chi connectivity index (χ1) is 11.1. The monoisotopic (exact) mass is 353 g/mol. The molecule has 0 fully saturated rings. The minimum Gasteiger partial charge on any atom is -0.332 e. The van der Waals surface area contributed by atoms with Crippen LogP contribution in [-0.4, -0.2) is 21.0 Å². The van der Waals surface area contributed by atoms with E-state index in [-0.39, 0.29) is 12.1 Å². The zero-order chi connectivity index (χ0) is 16.4. The van der Waals surface area contributed by atoms with Crippen LogP contribution in [0.4, 0.5) is 4.79 Å². The van der Waals surface area contributed by atoms with Crippen LogP contribution >= 0.6 is 23.2 Å². The molecule has 0 bridgehead atoms. The maximum atomic E-state index is 12.1. The summed E-state index contributed by atoms with van der Waals surface area (Å²) in [4.78, 5) is 13.7. The van der Waals surface area contributed by atoms with Crippen LogP contribution in [0.3, 0.4) is 0 Å². The van der Waals surface area contributed by atoms with E-state index in [0.717, 1.165) is 29.7 Å². The number of carbonyl (C=O) groups is 1. The molecule has 2 N–H and O–H groups in total. The summed E-state index contributed by atoms with van der Waals surface area (Å²) in [6.07, 6.45) is 3.27. The summed E-state index contributed by atoms with van der Waals surface area (Å²) >= 11 is 12.3. The number of nitrogens with zero attached hydrogens (tertiary/aromatic N) is 3. The number of carbonyl (C=O) groups excluding carboxylic acids is 1. The lowest BCUT2D eigenvalue weighted by Crippen LogP contribution is -2.37. The third-order valence-electron chi connectivity index (χ3n) is 3.89. The van der Waals surface area contributed by atoms with Gasteiger partial charge in [0.05, 0.1) is 35.4 Å². The average Bonchev–Trinajstić information content (AvgIpc) is 3.16. The lowest BCUT2D eigenvalue weighted by Gasteiger charge is -2.15. The second-order valence-electron chi connectivity index (χ2n) is 5.37.